The largest absolute Gasteiger partial charge is 0.480 e. The van der Waals surface area contributed by atoms with Crippen LogP contribution in [0, 0.1) is 5.92 Å². The zero-order valence-corrected chi connectivity index (χ0v) is 12.7. The number of carboxylic acid groups (broad SMARTS) is 1. The van der Waals surface area contributed by atoms with Crippen molar-refractivity contribution in [3.8, 4) is 0 Å². The van der Waals surface area contributed by atoms with Gasteiger partial charge in [0, 0.05) is 32.7 Å². The van der Waals surface area contributed by atoms with Crippen LogP contribution in [0.1, 0.15) is 38.5 Å². The Hall–Kier alpha value is -1.30. The second kappa shape index (κ2) is 8.22. The fourth-order valence-corrected chi connectivity index (χ4v) is 3.27. The monoisotopic (exact) mass is 297 g/mol. The fraction of sp³-hybridized carbons (Fsp3) is 0.867. The van der Waals surface area contributed by atoms with Crippen LogP contribution in [0.25, 0.3) is 0 Å². The van der Waals surface area contributed by atoms with E-state index in [1.807, 2.05) is 4.90 Å². The highest BCUT2D eigenvalue weighted by molar-refractivity contribution is 5.74. The van der Waals surface area contributed by atoms with Gasteiger partial charge in [0.25, 0.3) is 0 Å². The third kappa shape index (κ3) is 5.53. The minimum absolute atomic E-state index is 0.000726. The van der Waals surface area contributed by atoms with Crippen LogP contribution >= 0.6 is 0 Å². The van der Waals surface area contributed by atoms with Gasteiger partial charge in [0.2, 0.25) is 0 Å². The number of carbonyl (C=O) groups is 2. The summed E-state index contributed by atoms with van der Waals surface area (Å²) in [5, 5.41) is 11.8. The minimum atomic E-state index is -0.805. The van der Waals surface area contributed by atoms with Gasteiger partial charge in [-0.05, 0) is 12.3 Å². The molecule has 0 radical (unpaired) electrons. The highest BCUT2D eigenvalue weighted by atomic mass is 16.4. The normalized spacial score (nSPS) is 21.2. The Balaban J connectivity index is 1.59. The molecule has 0 atom stereocenters. The van der Waals surface area contributed by atoms with Gasteiger partial charge in [0.05, 0.1) is 6.54 Å². The lowest BCUT2D eigenvalue weighted by Gasteiger charge is -2.33. The van der Waals surface area contributed by atoms with Gasteiger partial charge in [0.1, 0.15) is 0 Å². The van der Waals surface area contributed by atoms with E-state index in [-0.39, 0.29) is 12.6 Å². The number of urea groups is 1. The highest BCUT2D eigenvalue weighted by Crippen LogP contribution is 2.25. The van der Waals surface area contributed by atoms with E-state index >= 15 is 0 Å². The maximum Gasteiger partial charge on any atom is 0.317 e. The molecule has 2 N–H and O–H groups in total. The van der Waals surface area contributed by atoms with Crippen LogP contribution in [0.5, 0.6) is 0 Å². The molecule has 1 heterocycles. The number of hydrogen-bond acceptors (Lipinski definition) is 3. The Bertz CT molecular complexity index is 348. The van der Waals surface area contributed by atoms with E-state index in [2.05, 4.69) is 5.32 Å². The summed E-state index contributed by atoms with van der Waals surface area (Å²) in [5.74, 6) is -0.0214. The zero-order valence-electron chi connectivity index (χ0n) is 12.7. The van der Waals surface area contributed by atoms with Crippen molar-refractivity contribution in [2.24, 2.45) is 5.92 Å². The van der Waals surface area contributed by atoms with Crippen molar-refractivity contribution in [2.45, 2.75) is 38.5 Å². The third-order valence-corrected chi connectivity index (χ3v) is 4.57. The summed E-state index contributed by atoms with van der Waals surface area (Å²) >= 11 is 0. The molecule has 0 unspecified atom stereocenters. The Labute approximate surface area is 126 Å². The molecule has 1 aliphatic heterocycles. The smallest absolute Gasteiger partial charge is 0.317 e. The van der Waals surface area contributed by atoms with Gasteiger partial charge in [-0.1, -0.05) is 32.1 Å². The SMILES string of the molecule is O=C(O)CN1CCN(C(=O)NCCC2CCCCC2)CC1. The van der Waals surface area contributed by atoms with Crippen LogP contribution in [0.3, 0.4) is 0 Å². The van der Waals surface area contributed by atoms with E-state index in [1.54, 1.807) is 4.90 Å². The van der Waals surface area contributed by atoms with Crippen LogP contribution in [-0.2, 0) is 4.79 Å². The molecule has 6 heteroatoms. The predicted molar refractivity (Wildman–Crippen MR) is 80.2 cm³/mol. The van der Waals surface area contributed by atoms with Crippen molar-refractivity contribution < 1.29 is 14.7 Å². The number of nitrogens with one attached hydrogen (secondary N) is 1. The lowest BCUT2D eigenvalue weighted by molar-refractivity contribution is -0.138. The number of rotatable bonds is 5. The minimum Gasteiger partial charge on any atom is -0.480 e. The number of piperazine rings is 1. The van der Waals surface area contributed by atoms with Crippen molar-refractivity contribution in [3.63, 3.8) is 0 Å². The van der Waals surface area contributed by atoms with E-state index in [0.717, 1.165) is 18.9 Å². The quantitative estimate of drug-likeness (QED) is 0.804. The molecule has 2 aliphatic rings. The summed E-state index contributed by atoms with van der Waals surface area (Å²) in [6.45, 7) is 3.34. The van der Waals surface area contributed by atoms with Gasteiger partial charge < -0.3 is 15.3 Å². The molecule has 6 nitrogen and oxygen atoms in total. The molecular weight excluding hydrogens is 270 g/mol. The number of carboxylic acids is 1. The Morgan fingerprint density at radius 2 is 1.71 bits per heavy atom. The number of amides is 2. The van der Waals surface area contributed by atoms with Gasteiger partial charge in [-0.2, -0.15) is 0 Å². The van der Waals surface area contributed by atoms with E-state index in [1.165, 1.54) is 32.1 Å². The lowest BCUT2D eigenvalue weighted by Crippen LogP contribution is -2.52. The Morgan fingerprint density at radius 1 is 1.05 bits per heavy atom. The van der Waals surface area contributed by atoms with Crippen molar-refractivity contribution >= 4 is 12.0 Å². The maximum atomic E-state index is 12.0. The molecule has 2 rings (SSSR count). The standard InChI is InChI=1S/C15H27N3O3/c19-14(20)12-17-8-10-18(11-9-17)15(21)16-7-6-13-4-2-1-3-5-13/h13H,1-12H2,(H,16,21)(H,19,20). The van der Waals surface area contributed by atoms with Crippen LogP contribution in [0.4, 0.5) is 4.79 Å². The molecule has 1 aliphatic carbocycles. The molecule has 0 bridgehead atoms. The summed E-state index contributed by atoms with van der Waals surface area (Å²) in [4.78, 5) is 26.3. The average Bonchev–Trinajstić information content (AvgIpc) is 2.48. The summed E-state index contributed by atoms with van der Waals surface area (Å²) in [5.41, 5.74) is 0. The van der Waals surface area contributed by atoms with Gasteiger partial charge >= 0.3 is 12.0 Å². The van der Waals surface area contributed by atoms with Gasteiger partial charge in [0.15, 0.2) is 0 Å². The topological polar surface area (TPSA) is 72.9 Å². The summed E-state index contributed by atoms with van der Waals surface area (Å²) in [6, 6.07) is 0.000726. The summed E-state index contributed by atoms with van der Waals surface area (Å²) in [6.07, 6.45) is 7.75. The number of carbonyl (C=O) groups excluding carboxylic acids is 1. The maximum absolute atomic E-state index is 12.0. The van der Waals surface area contributed by atoms with E-state index in [0.29, 0.717) is 26.2 Å². The van der Waals surface area contributed by atoms with Crippen LogP contribution in [0.15, 0.2) is 0 Å². The molecule has 21 heavy (non-hydrogen) atoms. The van der Waals surface area contributed by atoms with Crippen molar-refractivity contribution in [1.29, 1.82) is 0 Å². The second-order valence-electron chi connectivity index (χ2n) is 6.18. The first kappa shape index (κ1) is 16.1. The second-order valence-corrected chi connectivity index (χ2v) is 6.18. The molecule has 2 fully saturated rings. The molecule has 0 aromatic heterocycles. The van der Waals surface area contributed by atoms with Gasteiger partial charge in [-0.3, -0.25) is 9.69 Å². The molecule has 2 amide bonds. The zero-order chi connectivity index (χ0) is 15.1. The fourth-order valence-electron chi connectivity index (χ4n) is 3.27. The highest BCUT2D eigenvalue weighted by Gasteiger charge is 2.22. The van der Waals surface area contributed by atoms with Gasteiger partial charge in [-0.25, -0.2) is 4.79 Å². The van der Waals surface area contributed by atoms with Crippen molar-refractivity contribution in [2.75, 3.05) is 39.3 Å². The number of nitrogens with zero attached hydrogens (tertiary/aromatic N) is 2. The molecule has 1 saturated carbocycles. The first-order chi connectivity index (χ1) is 10.1. The first-order valence-corrected chi connectivity index (χ1v) is 8.12. The predicted octanol–water partition coefficient (Wildman–Crippen LogP) is 1.37. The molecule has 0 spiro atoms. The molecular formula is C15H27N3O3. The summed E-state index contributed by atoms with van der Waals surface area (Å²) < 4.78 is 0. The molecule has 0 aromatic rings. The van der Waals surface area contributed by atoms with Crippen LogP contribution in [0.2, 0.25) is 0 Å². The first-order valence-electron chi connectivity index (χ1n) is 8.12. The van der Waals surface area contributed by atoms with E-state index in [9.17, 15) is 9.59 Å². The van der Waals surface area contributed by atoms with Crippen LogP contribution in [-0.4, -0.2) is 66.2 Å². The lowest BCUT2D eigenvalue weighted by atomic mass is 9.87. The third-order valence-electron chi connectivity index (χ3n) is 4.57. The molecule has 1 saturated heterocycles. The Kier molecular flexibility index (Phi) is 6.29. The van der Waals surface area contributed by atoms with Crippen LogP contribution < -0.4 is 5.32 Å². The average molecular weight is 297 g/mol. The van der Waals surface area contributed by atoms with E-state index < -0.39 is 5.97 Å². The van der Waals surface area contributed by atoms with E-state index in [4.69, 9.17) is 5.11 Å². The molecule has 0 aromatic carbocycles. The van der Waals surface area contributed by atoms with Crippen molar-refractivity contribution in [3.05, 3.63) is 0 Å². The number of aliphatic carboxylic acids is 1. The van der Waals surface area contributed by atoms with Gasteiger partial charge in [-0.15, -0.1) is 0 Å². The molecule has 120 valence electrons. The Morgan fingerprint density at radius 3 is 2.33 bits per heavy atom. The number of hydrogen-bond donors (Lipinski definition) is 2. The van der Waals surface area contributed by atoms with Crippen molar-refractivity contribution in [1.82, 2.24) is 15.1 Å². The summed E-state index contributed by atoms with van der Waals surface area (Å²) in [7, 11) is 0.